The number of carbonyl (C=O) groups excluding carboxylic acids is 1. The quantitative estimate of drug-likeness (QED) is 0.705. The lowest BCUT2D eigenvalue weighted by atomic mass is 10.00. The topological polar surface area (TPSA) is 62.6 Å². The maximum Gasteiger partial charge on any atom is 0.358 e. The summed E-state index contributed by atoms with van der Waals surface area (Å²) in [6.45, 7) is 6.04. The van der Waals surface area contributed by atoms with Crippen LogP contribution in [0.1, 0.15) is 42.5 Å². The zero-order chi connectivity index (χ0) is 18.1. The first-order valence-electron chi connectivity index (χ1n) is 8.28. The van der Waals surface area contributed by atoms with E-state index in [0.29, 0.717) is 35.0 Å². The molecular weight excluding hydrogens is 388 g/mol. The van der Waals surface area contributed by atoms with Crippen LogP contribution in [0.15, 0.2) is 16.9 Å². The Morgan fingerprint density at radius 1 is 1.32 bits per heavy atom. The number of fused-ring (bicyclic) bond motifs is 3. The van der Waals surface area contributed by atoms with Crippen LogP contribution in [0, 0.1) is 0 Å². The molecule has 0 bridgehead atoms. The SMILES string of the molecule is CCOC(=O)c1nc(Br)n2c1CCc1cc(OC)c(OC(C)C)cc1-2. The molecule has 25 heavy (non-hydrogen) atoms. The number of nitrogens with zero attached hydrogens (tertiary/aromatic N) is 2. The number of halogens is 1. The van der Waals surface area contributed by atoms with Crippen molar-refractivity contribution in [1.29, 1.82) is 0 Å². The van der Waals surface area contributed by atoms with Crippen molar-refractivity contribution in [3.63, 3.8) is 0 Å². The average molecular weight is 409 g/mol. The number of imidazole rings is 1. The van der Waals surface area contributed by atoms with E-state index in [1.165, 1.54) is 0 Å². The molecule has 0 aliphatic carbocycles. The van der Waals surface area contributed by atoms with Crippen LogP contribution in [0.4, 0.5) is 0 Å². The summed E-state index contributed by atoms with van der Waals surface area (Å²) >= 11 is 3.48. The number of hydrogen-bond donors (Lipinski definition) is 0. The molecule has 0 atom stereocenters. The summed E-state index contributed by atoms with van der Waals surface area (Å²) in [6.07, 6.45) is 1.52. The third-order valence-electron chi connectivity index (χ3n) is 4.00. The summed E-state index contributed by atoms with van der Waals surface area (Å²) in [5.41, 5.74) is 3.27. The minimum atomic E-state index is -0.396. The van der Waals surface area contributed by atoms with Crippen molar-refractivity contribution in [1.82, 2.24) is 9.55 Å². The summed E-state index contributed by atoms with van der Waals surface area (Å²) in [6, 6.07) is 3.94. The second-order valence-corrected chi connectivity index (χ2v) is 6.74. The Hall–Kier alpha value is -2.02. The van der Waals surface area contributed by atoms with Gasteiger partial charge < -0.3 is 14.2 Å². The fourth-order valence-corrected chi connectivity index (χ4v) is 3.60. The van der Waals surface area contributed by atoms with E-state index in [1.54, 1.807) is 14.0 Å². The first-order chi connectivity index (χ1) is 12.0. The number of benzene rings is 1. The van der Waals surface area contributed by atoms with Crippen molar-refractivity contribution in [2.75, 3.05) is 13.7 Å². The Labute approximate surface area is 155 Å². The number of aromatic nitrogens is 2. The van der Waals surface area contributed by atoms with Crippen molar-refractivity contribution >= 4 is 21.9 Å². The van der Waals surface area contributed by atoms with E-state index in [4.69, 9.17) is 14.2 Å². The van der Waals surface area contributed by atoms with Gasteiger partial charge in [-0.05, 0) is 61.2 Å². The molecule has 1 aliphatic rings. The minimum absolute atomic E-state index is 0.0244. The molecule has 0 saturated carbocycles. The van der Waals surface area contributed by atoms with Crippen molar-refractivity contribution in [2.45, 2.75) is 39.7 Å². The first kappa shape index (κ1) is 17.8. The Bertz CT molecular complexity index is 814. The average Bonchev–Trinajstić information content (AvgIpc) is 2.91. The highest BCUT2D eigenvalue weighted by atomic mass is 79.9. The molecule has 0 fully saturated rings. The molecule has 0 spiro atoms. The highest BCUT2D eigenvalue weighted by Gasteiger charge is 2.28. The van der Waals surface area contributed by atoms with Crippen LogP contribution in [0.5, 0.6) is 11.5 Å². The molecule has 6 nitrogen and oxygen atoms in total. The van der Waals surface area contributed by atoms with Gasteiger partial charge in [-0.2, -0.15) is 0 Å². The standard InChI is InChI=1S/C18H21BrN2O4/c1-5-24-17(22)16-12-7-6-11-8-14(23-4)15(25-10(2)3)9-13(11)21(12)18(19)20-16/h8-10H,5-7H2,1-4H3. The molecule has 0 saturated heterocycles. The molecule has 1 aromatic heterocycles. The zero-order valence-corrected chi connectivity index (χ0v) is 16.3. The van der Waals surface area contributed by atoms with Gasteiger partial charge in [0.1, 0.15) is 0 Å². The molecule has 1 aromatic carbocycles. The normalized spacial score (nSPS) is 12.6. The molecule has 7 heteroatoms. The van der Waals surface area contributed by atoms with E-state index in [9.17, 15) is 4.79 Å². The van der Waals surface area contributed by atoms with Crippen LogP contribution >= 0.6 is 15.9 Å². The van der Waals surface area contributed by atoms with Crippen LogP contribution in [0.25, 0.3) is 5.69 Å². The highest BCUT2D eigenvalue weighted by molar-refractivity contribution is 9.10. The molecule has 0 unspecified atom stereocenters. The fourth-order valence-electron chi connectivity index (χ4n) is 3.02. The molecular formula is C18H21BrN2O4. The van der Waals surface area contributed by atoms with Crippen LogP contribution in [-0.4, -0.2) is 35.3 Å². The van der Waals surface area contributed by atoms with Crippen LogP contribution in [0.2, 0.25) is 0 Å². The third kappa shape index (κ3) is 3.25. The number of ether oxygens (including phenoxy) is 3. The third-order valence-corrected chi connectivity index (χ3v) is 4.53. The van der Waals surface area contributed by atoms with Gasteiger partial charge in [-0.25, -0.2) is 9.78 Å². The molecule has 134 valence electrons. The molecule has 2 aromatic rings. The van der Waals surface area contributed by atoms with Gasteiger partial charge in [0.05, 0.1) is 31.2 Å². The van der Waals surface area contributed by atoms with E-state index >= 15 is 0 Å². The largest absolute Gasteiger partial charge is 0.493 e. The smallest absolute Gasteiger partial charge is 0.358 e. The van der Waals surface area contributed by atoms with E-state index < -0.39 is 5.97 Å². The molecule has 3 rings (SSSR count). The van der Waals surface area contributed by atoms with Gasteiger partial charge >= 0.3 is 5.97 Å². The molecule has 1 aliphatic heterocycles. The number of carbonyl (C=O) groups is 1. The molecule has 2 heterocycles. The molecule has 0 amide bonds. The Balaban J connectivity index is 2.13. The number of hydrogen-bond acceptors (Lipinski definition) is 5. The van der Waals surface area contributed by atoms with Gasteiger partial charge in [-0.15, -0.1) is 0 Å². The molecule has 0 N–H and O–H groups in total. The van der Waals surface area contributed by atoms with Crippen LogP contribution in [-0.2, 0) is 17.6 Å². The second kappa shape index (κ2) is 7.07. The van der Waals surface area contributed by atoms with Gasteiger partial charge in [0, 0.05) is 6.07 Å². The Morgan fingerprint density at radius 2 is 2.08 bits per heavy atom. The number of esters is 1. The fraction of sp³-hybridized carbons (Fsp3) is 0.444. The van der Waals surface area contributed by atoms with Crippen molar-refractivity contribution in [3.8, 4) is 17.2 Å². The Kier molecular flexibility index (Phi) is 5.03. The minimum Gasteiger partial charge on any atom is -0.493 e. The van der Waals surface area contributed by atoms with E-state index in [2.05, 4.69) is 20.9 Å². The van der Waals surface area contributed by atoms with Crippen molar-refractivity contribution in [3.05, 3.63) is 33.8 Å². The Morgan fingerprint density at radius 3 is 2.72 bits per heavy atom. The van der Waals surface area contributed by atoms with Crippen molar-refractivity contribution in [2.24, 2.45) is 0 Å². The number of aryl methyl sites for hydroxylation is 1. The van der Waals surface area contributed by atoms with Crippen molar-refractivity contribution < 1.29 is 19.0 Å². The summed E-state index contributed by atoms with van der Waals surface area (Å²) in [4.78, 5) is 16.6. The monoisotopic (exact) mass is 408 g/mol. The van der Waals surface area contributed by atoms with Gasteiger partial charge in [-0.3, -0.25) is 4.57 Å². The second-order valence-electron chi connectivity index (χ2n) is 6.03. The summed E-state index contributed by atoms with van der Waals surface area (Å²) < 4.78 is 19.0. The lowest BCUT2D eigenvalue weighted by molar-refractivity contribution is 0.0518. The predicted molar refractivity (Wildman–Crippen MR) is 96.9 cm³/mol. The van der Waals surface area contributed by atoms with E-state index in [-0.39, 0.29) is 6.10 Å². The van der Waals surface area contributed by atoms with Crippen LogP contribution in [0.3, 0.4) is 0 Å². The van der Waals surface area contributed by atoms with E-state index in [1.807, 2.05) is 30.5 Å². The first-order valence-corrected chi connectivity index (χ1v) is 9.07. The highest BCUT2D eigenvalue weighted by Crippen LogP contribution is 2.38. The van der Waals surface area contributed by atoms with Crippen LogP contribution < -0.4 is 9.47 Å². The van der Waals surface area contributed by atoms with Gasteiger partial charge in [0.2, 0.25) is 0 Å². The summed E-state index contributed by atoms with van der Waals surface area (Å²) in [7, 11) is 1.63. The van der Waals surface area contributed by atoms with Gasteiger partial charge in [-0.1, -0.05) is 0 Å². The summed E-state index contributed by atoms with van der Waals surface area (Å²) in [5, 5.41) is 0. The van der Waals surface area contributed by atoms with E-state index in [0.717, 1.165) is 23.4 Å². The van der Waals surface area contributed by atoms with Gasteiger partial charge in [0.25, 0.3) is 0 Å². The predicted octanol–water partition coefficient (Wildman–Crippen LogP) is 3.71. The number of rotatable bonds is 5. The lowest BCUT2D eigenvalue weighted by Gasteiger charge is -2.23. The van der Waals surface area contributed by atoms with Gasteiger partial charge in [0.15, 0.2) is 21.9 Å². The molecule has 0 radical (unpaired) electrons. The zero-order valence-electron chi connectivity index (χ0n) is 14.8. The lowest BCUT2D eigenvalue weighted by Crippen LogP contribution is -2.17. The number of methoxy groups -OCH3 is 1. The summed E-state index contributed by atoms with van der Waals surface area (Å²) in [5.74, 6) is 0.979. The maximum absolute atomic E-state index is 12.2. The maximum atomic E-state index is 12.2.